The van der Waals surface area contributed by atoms with E-state index in [2.05, 4.69) is 25.8 Å². The Labute approximate surface area is 115 Å². The zero-order valence-electron chi connectivity index (χ0n) is 12.7. The molecule has 106 valence electrons. The summed E-state index contributed by atoms with van der Waals surface area (Å²) < 4.78 is 5.39. The van der Waals surface area contributed by atoms with Crippen LogP contribution < -0.4 is 4.90 Å². The van der Waals surface area contributed by atoms with Gasteiger partial charge < -0.3 is 9.64 Å². The zero-order valence-corrected chi connectivity index (χ0v) is 12.7. The van der Waals surface area contributed by atoms with Gasteiger partial charge in [0.25, 0.3) is 0 Å². The van der Waals surface area contributed by atoms with Crippen LogP contribution in [0.2, 0.25) is 0 Å². The highest BCUT2D eigenvalue weighted by atomic mass is 16.6. The fourth-order valence-corrected chi connectivity index (χ4v) is 1.74. The van der Waals surface area contributed by atoms with Gasteiger partial charge in [-0.3, -0.25) is 9.78 Å². The van der Waals surface area contributed by atoms with Crippen molar-refractivity contribution >= 4 is 11.7 Å². The van der Waals surface area contributed by atoms with Crippen LogP contribution in [-0.4, -0.2) is 28.6 Å². The Balaban J connectivity index is 2.87. The van der Waals surface area contributed by atoms with Crippen LogP contribution in [0.15, 0.2) is 24.5 Å². The average Bonchev–Trinajstić information content (AvgIpc) is 2.23. The molecule has 1 aromatic rings. The quantitative estimate of drug-likeness (QED) is 0.787. The molecule has 0 unspecified atom stereocenters. The maximum Gasteiger partial charge on any atom is 0.326 e. The molecule has 0 amide bonds. The molecular formula is C15H24N2O2. The summed E-state index contributed by atoms with van der Waals surface area (Å²) in [6.07, 6.45) is 3.45. The monoisotopic (exact) mass is 264 g/mol. The molecule has 4 nitrogen and oxygen atoms in total. The van der Waals surface area contributed by atoms with E-state index < -0.39 is 5.60 Å². The second kappa shape index (κ2) is 5.59. The van der Waals surface area contributed by atoms with Crippen molar-refractivity contribution in [2.75, 3.05) is 11.4 Å². The summed E-state index contributed by atoms with van der Waals surface area (Å²) in [7, 11) is 0. The van der Waals surface area contributed by atoms with Crippen LogP contribution >= 0.6 is 0 Å². The van der Waals surface area contributed by atoms with Crippen molar-refractivity contribution in [3.63, 3.8) is 0 Å². The third kappa shape index (κ3) is 5.28. The van der Waals surface area contributed by atoms with Gasteiger partial charge in [0.2, 0.25) is 0 Å². The minimum Gasteiger partial charge on any atom is -0.459 e. The SMILES string of the molecule is CC(C)(C)OC(=O)CN(c1ccncc1)C(C)(C)C. The van der Waals surface area contributed by atoms with Crippen molar-refractivity contribution in [1.29, 1.82) is 0 Å². The summed E-state index contributed by atoms with van der Waals surface area (Å²) in [5.74, 6) is -0.223. The highest BCUT2D eigenvalue weighted by Crippen LogP contribution is 2.23. The van der Waals surface area contributed by atoms with Gasteiger partial charge in [-0.1, -0.05) is 0 Å². The van der Waals surface area contributed by atoms with E-state index in [0.717, 1.165) is 5.69 Å². The number of esters is 1. The Morgan fingerprint density at radius 1 is 1.16 bits per heavy atom. The van der Waals surface area contributed by atoms with E-state index in [1.807, 2.05) is 37.8 Å². The highest BCUT2D eigenvalue weighted by molar-refractivity contribution is 5.76. The van der Waals surface area contributed by atoms with Crippen LogP contribution in [0.4, 0.5) is 5.69 Å². The predicted octanol–water partition coefficient (Wildman–Crippen LogP) is 3.03. The fraction of sp³-hybridized carbons (Fsp3) is 0.600. The standard InChI is InChI=1S/C15H24N2O2/c1-14(2,3)17(12-7-9-16-10-8-12)11-13(18)19-15(4,5)6/h7-10H,11H2,1-6H3. The molecule has 0 saturated heterocycles. The summed E-state index contributed by atoms with van der Waals surface area (Å²) in [6, 6.07) is 3.80. The first-order valence-electron chi connectivity index (χ1n) is 6.49. The number of aromatic nitrogens is 1. The number of rotatable bonds is 3. The number of hydrogen-bond donors (Lipinski definition) is 0. The lowest BCUT2D eigenvalue weighted by atomic mass is 10.0. The molecular weight excluding hydrogens is 240 g/mol. The van der Waals surface area contributed by atoms with Crippen LogP contribution in [-0.2, 0) is 9.53 Å². The number of ether oxygens (including phenoxy) is 1. The van der Waals surface area contributed by atoms with Crippen LogP contribution in [0, 0.1) is 0 Å². The summed E-state index contributed by atoms with van der Waals surface area (Å²) in [5, 5.41) is 0. The van der Waals surface area contributed by atoms with Crippen molar-refractivity contribution in [3.8, 4) is 0 Å². The summed E-state index contributed by atoms with van der Waals surface area (Å²) in [5.41, 5.74) is 0.338. The molecule has 0 bridgehead atoms. The average molecular weight is 264 g/mol. The third-order valence-electron chi connectivity index (χ3n) is 2.49. The molecule has 19 heavy (non-hydrogen) atoms. The molecule has 0 radical (unpaired) electrons. The molecule has 1 aromatic heterocycles. The van der Waals surface area contributed by atoms with Crippen LogP contribution in [0.1, 0.15) is 41.5 Å². The molecule has 1 heterocycles. The Hall–Kier alpha value is -1.58. The molecule has 0 fully saturated rings. The van der Waals surface area contributed by atoms with Crippen LogP contribution in [0.3, 0.4) is 0 Å². The summed E-state index contributed by atoms with van der Waals surface area (Å²) in [6.45, 7) is 12.1. The molecule has 0 saturated carbocycles. The van der Waals surface area contributed by atoms with E-state index in [4.69, 9.17) is 4.74 Å². The molecule has 1 rings (SSSR count). The van der Waals surface area contributed by atoms with Crippen molar-refractivity contribution < 1.29 is 9.53 Å². The van der Waals surface area contributed by atoms with Crippen molar-refractivity contribution in [2.24, 2.45) is 0 Å². The molecule has 0 aliphatic rings. The molecule has 4 heteroatoms. The van der Waals surface area contributed by atoms with E-state index in [0.29, 0.717) is 0 Å². The van der Waals surface area contributed by atoms with Gasteiger partial charge in [-0.2, -0.15) is 0 Å². The second-order valence-corrected chi connectivity index (χ2v) is 6.55. The minimum atomic E-state index is -0.459. The highest BCUT2D eigenvalue weighted by Gasteiger charge is 2.26. The first-order chi connectivity index (χ1) is 8.59. The van der Waals surface area contributed by atoms with Gasteiger partial charge in [-0.15, -0.1) is 0 Å². The Morgan fingerprint density at radius 3 is 2.11 bits per heavy atom. The normalized spacial score (nSPS) is 12.1. The number of carbonyl (C=O) groups is 1. The van der Waals surface area contributed by atoms with Gasteiger partial charge in [-0.05, 0) is 53.7 Å². The topological polar surface area (TPSA) is 42.4 Å². The van der Waals surface area contributed by atoms with E-state index in [-0.39, 0.29) is 18.1 Å². The summed E-state index contributed by atoms with van der Waals surface area (Å²) in [4.78, 5) is 18.0. The number of hydrogen-bond acceptors (Lipinski definition) is 4. The molecule has 0 aromatic carbocycles. The molecule has 0 aliphatic heterocycles. The number of anilines is 1. The lowest BCUT2D eigenvalue weighted by molar-refractivity contribution is -0.153. The van der Waals surface area contributed by atoms with E-state index in [1.165, 1.54) is 0 Å². The Morgan fingerprint density at radius 2 is 1.68 bits per heavy atom. The van der Waals surface area contributed by atoms with Gasteiger partial charge in [0.15, 0.2) is 0 Å². The van der Waals surface area contributed by atoms with Crippen LogP contribution in [0.5, 0.6) is 0 Å². The number of pyridine rings is 1. The number of nitrogens with zero attached hydrogens (tertiary/aromatic N) is 2. The smallest absolute Gasteiger partial charge is 0.326 e. The van der Waals surface area contributed by atoms with Gasteiger partial charge in [0.1, 0.15) is 12.1 Å². The second-order valence-electron chi connectivity index (χ2n) is 6.55. The van der Waals surface area contributed by atoms with Crippen molar-refractivity contribution in [3.05, 3.63) is 24.5 Å². The van der Waals surface area contributed by atoms with Gasteiger partial charge >= 0.3 is 5.97 Å². The van der Waals surface area contributed by atoms with E-state index >= 15 is 0 Å². The minimum absolute atomic E-state index is 0.168. The maximum atomic E-state index is 12.0. The summed E-state index contributed by atoms with van der Waals surface area (Å²) >= 11 is 0. The molecule has 0 spiro atoms. The lowest BCUT2D eigenvalue weighted by Crippen LogP contribution is -2.46. The molecule has 0 atom stereocenters. The van der Waals surface area contributed by atoms with Crippen molar-refractivity contribution in [2.45, 2.75) is 52.7 Å². The number of carbonyl (C=O) groups excluding carboxylic acids is 1. The first kappa shape index (κ1) is 15.5. The third-order valence-corrected chi connectivity index (χ3v) is 2.49. The van der Waals surface area contributed by atoms with Gasteiger partial charge in [-0.25, -0.2) is 0 Å². The lowest BCUT2D eigenvalue weighted by Gasteiger charge is -2.37. The van der Waals surface area contributed by atoms with Crippen molar-refractivity contribution in [1.82, 2.24) is 4.98 Å². The fourth-order valence-electron chi connectivity index (χ4n) is 1.74. The van der Waals surface area contributed by atoms with Gasteiger partial charge in [0, 0.05) is 23.6 Å². The van der Waals surface area contributed by atoms with Crippen LogP contribution in [0.25, 0.3) is 0 Å². The Kier molecular flexibility index (Phi) is 4.56. The Bertz CT molecular complexity index is 416. The maximum absolute atomic E-state index is 12.0. The van der Waals surface area contributed by atoms with Gasteiger partial charge in [0.05, 0.1) is 0 Å². The zero-order chi connectivity index (χ0) is 14.7. The van der Waals surface area contributed by atoms with E-state index in [9.17, 15) is 4.79 Å². The largest absolute Gasteiger partial charge is 0.459 e. The predicted molar refractivity (Wildman–Crippen MR) is 77.2 cm³/mol. The molecule has 0 N–H and O–H groups in total. The first-order valence-corrected chi connectivity index (χ1v) is 6.49. The molecule has 0 aliphatic carbocycles. The van der Waals surface area contributed by atoms with E-state index in [1.54, 1.807) is 12.4 Å².